The maximum Gasteiger partial charge on any atom is 0.252 e. The van der Waals surface area contributed by atoms with E-state index in [0.717, 1.165) is 23.2 Å². The van der Waals surface area contributed by atoms with E-state index in [9.17, 15) is 28.2 Å². The Morgan fingerprint density at radius 1 is 1.26 bits per heavy atom. The molecule has 0 radical (unpaired) electrons. The molecule has 0 bridgehead atoms. The Morgan fingerprint density at radius 2 is 1.97 bits per heavy atom. The van der Waals surface area contributed by atoms with E-state index in [-0.39, 0.29) is 30.6 Å². The van der Waals surface area contributed by atoms with Gasteiger partial charge < -0.3 is 31.3 Å². The molecule has 1 heterocycles. The fraction of sp³-hybridized carbons (Fsp3) is 0.440. The molecular formula is C25H33ClN4O7S. The van der Waals surface area contributed by atoms with E-state index in [0.29, 0.717) is 11.6 Å². The largest absolute Gasteiger partial charge is 0.380 e. The van der Waals surface area contributed by atoms with Gasteiger partial charge in [0.05, 0.1) is 18.1 Å². The van der Waals surface area contributed by atoms with Gasteiger partial charge in [0, 0.05) is 37.0 Å². The molecule has 13 heteroatoms. The van der Waals surface area contributed by atoms with Crippen LogP contribution in [-0.4, -0.2) is 80.4 Å². The Kier molecular flexibility index (Phi) is 9.52. The number of benzene rings is 2. The maximum absolute atomic E-state index is 12.9. The lowest BCUT2D eigenvalue weighted by Crippen LogP contribution is -2.58. The number of hydrogen-bond donors (Lipinski definition) is 5. The van der Waals surface area contributed by atoms with Gasteiger partial charge in [-0.05, 0) is 60.5 Å². The third-order valence-corrected chi connectivity index (χ3v) is 8.33. The molecule has 38 heavy (non-hydrogen) atoms. The van der Waals surface area contributed by atoms with E-state index in [1.807, 2.05) is 32.2 Å². The Balaban J connectivity index is 1.64. The lowest BCUT2D eigenvalue weighted by molar-refractivity contribution is -0.161. The van der Waals surface area contributed by atoms with Crippen molar-refractivity contribution in [2.24, 2.45) is 11.5 Å². The highest BCUT2D eigenvalue weighted by Gasteiger charge is 2.44. The van der Waals surface area contributed by atoms with E-state index in [4.69, 9.17) is 27.8 Å². The average molecular weight is 569 g/mol. The number of aliphatic hydroxyl groups excluding tert-OH is 1. The highest BCUT2D eigenvalue weighted by Crippen LogP contribution is 2.37. The molecule has 1 aliphatic rings. The standard InChI is InChI=1S/C25H33ClN4O7S/c1-15-10-17(26)12-19-20(15)13-30(2)14-21(19)16-4-3-5-18(11-16)38(35,36)29-7-9-37-8-6-25(34,24(28)33)22(31)23(27)32/h3-5,10-12,21-22,29,31,34H,6-9,13-14H2,1-2H3,(H2,27,32)(H2,28,33). The molecule has 2 aromatic rings. The Morgan fingerprint density at radius 3 is 2.63 bits per heavy atom. The molecule has 11 nitrogen and oxygen atoms in total. The van der Waals surface area contributed by atoms with E-state index in [1.54, 1.807) is 12.1 Å². The lowest BCUT2D eigenvalue weighted by Gasteiger charge is -2.34. The summed E-state index contributed by atoms with van der Waals surface area (Å²) in [5, 5.41) is 20.5. The summed E-state index contributed by atoms with van der Waals surface area (Å²) in [5.41, 5.74) is 11.6. The van der Waals surface area contributed by atoms with Crippen LogP contribution in [0.5, 0.6) is 0 Å². The summed E-state index contributed by atoms with van der Waals surface area (Å²) in [7, 11) is -1.86. The SMILES string of the molecule is Cc1cc(Cl)cc2c1CN(C)CC2c1cccc(S(=O)(=O)NCCOCCC(O)(C(N)=O)C(O)C(N)=O)c1. The first-order chi connectivity index (χ1) is 17.8. The molecule has 0 fully saturated rings. The number of rotatable bonds is 12. The zero-order valence-corrected chi connectivity index (χ0v) is 22.8. The number of amides is 2. The van der Waals surface area contributed by atoms with Crippen molar-refractivity contribution in [3.63, 3.8) is 0 Å². The third-order valence-electron chi connectivity index (χ3n) is 6.66. The van der Waals surface area contributed by atoms with Gasteiger partial charge in [0.25, 0.3) is 5.91 Å². The molecule has 208 valence electrons. The second-order valence-corrected chi connectivity index (χ2v) is 11.7. The predicted molar refractivity (Wildman–Crippen MR) is 141 cm³/mol. The van der Waals surface area contributed by atoms with Crippen LogP contribution >= 0.6 is 11.6 Å². The molecule has 3 atom stereocenters. The number of nitrogens with two attached hydrogens (primary N) is 2. The van der Waals surface area contributed by atoms with Crippen LogP contribution in [0.1, 0.15) is 34.6 Å². The highest BCUT2D eigenvalue weighted by molar-refractivity contribution is 7.89. The van der Waals surface area contributed by atoms with Crippen molar-refractivity contribution in [3.05, 3.63) is 63.7 Å². The van der Waals surface area contributed by atoms with Gasteiger partial charge in [0.1, 0.15) is 0 Å². The zero-order chi connectivity index (χ0) is 28.3. The number of halogens is 1. The van der Waals surface area contributed by atoms with Gasteiger partial charge >= 0.3 is 0 Å². The highest BCUT2D eigenvalue weighted by atomic mass is 35.5. The summed E-state index contributed by atoms with van der Waals surface area (Å²) in [6.45, 7) is 2.99. The van der Waals surface area contributed by atoms with Crippen LogP contribution in [0.15, 0.2) is 41.3 Å². The molecule has 0 aliphatic carbocycles. The summed E-state index contributed by atoms with van der Waals surface area (Å²) in [6, 6.07) is 10.6. The van der Waals surface area contributed by atoms with Crippen molar-refractivity contribution in [2.75, 3.05) is 33.4 Å². The van der Waals surface area contributed by atoms with Gasteiger partial charge in [0.2, 0.25) is 15.9 Å². The Hall–Kier alpha value is -2.58. The number of carbonyl (C=O) groups excluding carboxylic acids is 2. The minimum atomic E-state index is -3.88. The number of nitrogens with one attached hydrogen (secondary N) is 1. The molecule has 0 spiro atoms. The molecule has 0 aromatic heterocycles. The minimum Gasteiger partial charge on any atom is -0.380 e. The summed E-state index contributed by atoms with van der Waals surface area (Å²) >= 11 is 6.34. The van der Waals surface area contributed by atoms with Crippen LogP contribution in [0.3, 0.4) is 0 Å². The number of primary amides is 2. The Labute approximate surface area is 226 Å². The van der Waals surface area contributed by atoms with Gasteiger partial charge in [-0.1, -0.05) is 23.7 Å². The lowest BCUT2D eigenvalue weighted by atomic mass is 9.83. The van der Waals surface area contributed by atoms with Crippen molar-refractivity contribution in [1.29, 1.82) is 0 Å². The fourth-order valence-electron chi connectivity index (χ4n) is 4.55. The molecule has 2 aromatic carbocycles. The van der Waals surface area contributed by atoms with Gasteiger partial charge in [0.15, 0.2) is 11.7 Å². The molecule has 3 unspecified atom stereocenters. The number of sulfonamides is 1. The smallest absolute Gasteiger partial charge is 0.252 e. The summed E-state index contributed by atoms with van der Waals surface area (Å²) in [6.07, 6.45) is -2.72. The topological polar surface area (TPSA) is 185 Å². The number of aliphatic hydroxyl groups is 2. The second-order valence-electron chi connectivity index (χ2n) is 9.47. The van der Waals surface area contributed by atoms with Crippen LogP contribution in [0.4, 0.5) is 0 Å². The number of aryl methyl sites for hydroxylation is 1. The molecular weight excluding hydrogens is 536 g/mol. The number of nitrogens with zero attached hydrogens (tertiary/aromatic N) is 1. The second kappa shape index (κ2) is 12.1. The van der Waals surface area contributed by atoms with Crippen LogP contribution < -0.4 is 16.2 Å². The van der Waals surface area contributed by atoms with Crippen molar-refractivity contribution in [3.8, 4) is 0 Å². The molecule has 2 amide bonds. The number of ether oxygens (including phenoxy) is 1. The summed E-state index contributed by atoms with van der Waals surface area (Å²) < 4.78 is 33.6. The van der Waals surface area contributed by atoms with Gasteiger partial charge in [-0.3, -0.25) is 9.59 Å². The normalized spacial score (nSPS) is 18.4. The first kappa shape index (κ1) is 30.0. The van der Waals surface area contributed by atoms with Gasteiger partial charge in [-0.15, -0.1) is 0 Å². The number of carbonyl (C=O) groups is 2. The third kappa shape index (κ3) is 6.70. The Bertz CT molecular complexity index is 1310. The number of hydrogen-bond acceptors (Lipinski definition) is 8. The van der Waals surface area contributed by atoms with Crippen molar-refractivity contribution < 1.29 is 33.0 Å². The quantitative estimate of drug-likeness (QED) is 0.221. The van der Waals surface area contributed by atoms with E-state index in [2.05, 4.69) is 9.62 Å². The molecule has 1 aliphatic heterocycles. The fourth-order valence-corrected chi connectivity index (χ4v) is 5.89. The van der Waals surface area contributed by atoms with Crippen LogP contribution in [0, 0.1) is 6.92 Å². The van der Waals surface area contributed by atoms with Crippen molar-refractivity contribution in [1.82, 2.24) is 9.62 Å². The molecule has 3 rings (SSSR count). The zero-order valence-electron chi connectivity index (χ0n) is 21.2. The monoisotopic (exact) mass is 568 g/mol. The summed E-state index contributed by atoms with van der Waals surface area (Å²) in [5.74, 6) is -2.71. The minimum absolute atomic E-state index is 0.0561. The number of fused-ring (bicyclic) bond motifs is 1. The van der Waals surface area contributed by atoms with Crippen LogP contribution in [-0.2, 0) is 30.9 Å². The maximum atomic E-state index is 12.9. The first-order valence-electron chi connectivity index (χ1n) is 11.9. The average Bonchev–Trinajstić information content (AvgIpc) is 2.85. The van der Waals surface area contributed by atoms with Gasteiger partial charge in [-0.2, -0.15) is 0 Å². The molecule has 0 saturated carbocycles. The van der Waals surface area contributed by atoms with E-state index >= 15 is 0 Å². The van der Waals surface area contributed by atoms with E-state index < -0.39 is 40.0 Å². The summed E-state index contributed by atoms with van der Waals surface area (Å²) in [4.78, 5) is 24.9. The van der Waals surface area contributed by atoms with Crippen molar-refractivity contribution >= 4 is 33.4 Å². The van der Waals surface area contributed by atoms with E-state index in [1.165, 1.54) is 11.6 Å². The molecule has 7 N–H and O–H groups in total. The first-order valence-corrected chi connectivity index (χ1v) is 13.8. The number of likely N-dealkylation sites (N-methyl/N-ethyl adjacent to an activating group) is 1. The predicted octanol–water partition coefficient (Wildman–Crippen LogP) is -0.0267. The van der Waals surface area contributed by atoms with Crippen molar-refractivity contribution in [2.45, 2.75) is 42.4 Å². The van der Waals surface area contributed by atoms with Crippen LogP contribution in [0.2, 0.25) is 5.02 Å². The van der Waals surface area contributed by atoms with Crippen LogP contribution in [0.25, 0.3) is 0 Å². The van der Waals surface area contributed by atoms with Gasteiger partial charge in [-0.25, -0.2) is 13.1 Å². The molecule has 0 saturated heterocycles.